The summed E-state index contributed by atoms with van der Waals surface area (Å²) in [5.74, 6) is -1.09. The molecular formula is C16H10BrFN2O. The van der Waals surface area contributed by atoms with Crippen LogP contribution in [-0.4, -0.2) is 10.9 Å². The van der Waals surface area contributed by atoms with E-state index < -0.39 is 11.7 Å². The highest BCUT2D eigenvalue weighted by Crippen LogP contribution is 2.21. The molecular weight excluding hydrogens is 335 g/mol. The fourth-order valence-electron chi connectivity index (χ4n) is 2.02. The van der Waals surface area contributed by atoms with Gasteiger partial charge in [0.05, 0.1) is 27.4 Å². The normalized spacial score (nSPS) is 10.6. The van der Waals surface area contributed by atoms with Crippen LogP contribution >= 0.6 is 15.9 Å². The predicted molar refractivity (Wildman–Crippen MR) is 83.8 cm³/mol. The Labute approximate surface area is 128 Å². The van der Waals surface area contributed by atoms with E-state index in [4.69, 9.17) is 0 Å². The number of halogens is 2. The van der Waals surface area contributed by atoms with Crippen LogP contribution in [0.25, 0.3) is 10.9 Å². The maximum atomic E-state index is 13.9. The van der Waals surface area contributed by atoms with Crippen molar-refractivity contribution >= 4 is 38.4 Å². The van der Waals surface area contributed by atoms with E-state index in [0.717, 1.165) is 10.9 Å². The Morgan fingerprint density at radius 2 is 1.95 bits per heavy atom. The number of para-hydroxylation sites is 1. The lowest BCUT2D eigenvalue weighted by atomic mass is 10.2. The number of hydrogen-bond donors (Lipinski definition) is 1. The average Bonchev–Trinajstić information content (AvgIpc) is 2.50. The molecule has 0 atom stereocenters. The number of nitrogens with one attached hydrogen (secondary N) is 1. The van der Waals surface area contributed by atoms with E-state index in [2.05, 4.69) is 26.2 Å². The van der Waals surface area contributed by atoms with Crippen LogP contribution in [0.1, 0.15) is 10.4 Å². The molecule has 3 nitrogen and oxygen atoms in total. The van der Waals surface area contributed by atoms with E-state index in [0.29, 0.717) is 5.69 Å². The Kier molecular flexibility index (Phi) is 3.66. The number of aromatic nitrogens is 1. The zero-order chi connectivity index (χ0) is 14.8. The Morgan fingerprint density at radius 1 is 1.14 bits per heavy atom. The molecule has 2 aromatic carbocycles. The summed E-state index contributed by atoms with van der Waals surface area (Å²) in [6.07, 6.45) is 1.55. The first kappa shape index (κ1) is 13.7. The molecule has 3 aromatic rings. The van der Waals surface area contributed by atoms with Crippen molar-refractivity contribution in [3.8, 4) is 0 Å². The molecule has 0 spiro atoms. The number of anilines is 1. The quantitative estimate of drug-likeness (QED) is 0.749. The van der Waals surface area contributed by atoms with Crippen LogP contribution in [0.4, 0.5) is 10.1 Å². The average molecular weight is 345 g/mol. The molecule has 0 aliphatic carbocycles. The highest BCUT2D eigenvalue weighted by molar-refractivity contribution is 9.10. The third-order valence-electron chi connectivity index (χ3n) is 3.04. The van der Waals surface area contributed by atoms with E-state index in [9.17, 15) is 9.18 Å². The van der Waals surface area contributed by atoms with Crippen LogP contribution in [0.2, 0.25) is 0 Å². The SMILES string of the molecule is O=C(Nc1cnc2ccccc2c1)c1cccc(Br)c1F. The van der Waals surface area contributed by atoms with Crippen LogP contribution in [-0.2, 0) is 0 Å². The van der Waals surface area contributed by atoms with Gasteiger partial charge in [0.2, 0.25) is 0 Å². The molecule has 0 aliphatic rings. The van der Waals surface area contributed by atoms with Crippen molar-refractivity contribution in [2.24, 2.45) is 0 Å². The molecule has 5 heteroatoms. The summed E-state index contributed by atoms with van der Waals surface area (Å²) in [5, 5.41) is 3.56. The van der Waals surface area contributed by atoms with E-state index in [1.807, 2.05) is 24.3 Å². The lowest BCUT2D eigenvalue weighted by molar-refractivity contribution is 0.102. The fraction of sp³-hybridized carbons (Fsp3) is 0. The van der Waals surface area contributed by atoms with Crippen molar-refractivity contribution in [3.05, 3.63) is 70.6 Å². The van der Waals surface area contributed by atoms with E-state index in [1.54, 1.807) is 24.4 Å². The van der Waals surface area contributed by atoms with Crippen LogP contribution in [0.5, 0.6) is 0 Å². The standard InChI is InChI=1S/C16H10BrFN2O/c17-13-6-3-5-12(15(13)18)16(21)20-11-8-10-4-1-2-7-14(10)19-9-11/h1-9H,(H,20,21). The first-order valence-electron chi connectivity index (χ1n) is 6.25. The predicted octanol–water partition coefficient (Wildman–Crippen LogP) is 4.39. The van der Waals surface area contributed by atoms with Crippen molar-refractivity contribution in [2.75, 3.05) is 5.32 Å². The van der Waals surface area contributed by atoms with Gasteiger partial charge in [0.1, 0.15) is 5.82 Å². The number of pyridine rings is 1. The van der Waals surface area contributed by atoms with Gasteiger partial charge in [-0.1, -0.05) is 24.3 Å². The van der Waals surface area contributed by atoms with Crippen molar-refractivity contribution in [1.29, 1.82) is 0 Å². The molecule has 0 radical (unpaired) electrons. The highest BCUT2D eigenvalue weighted by atomic mass is 79.9. The van der Waals surface area contributed by atoms with E-state index >= 15 is 0 Å². The lowest BCUT2D eigenvalue weighted by Gasteiger charge is -2.07. The first-order valence-corrected chi connectivity index (χ1v) is 7.04. The molecule has 3 rings (SSSR count). The van der Waals surface area contributed by atoms with Gasteiger partial charge in [-0.2, -0.15) is 0 Å². The minimum atomic E-state index is -0.580. The van der Waals surface area contributed by atoms with Gasteiger partial charge in [0.15, 0.2) is 0 Å². The zero-order valence-corrected chi connectivity index (χ0v) is 12.4. The molecule has 0 aliphatic heterocycles. The number of amides is 1. The second-order valence-electron chi connectivity index (χ2n) is 4.47. The third-order valence-corrected chi connectivity index (χ3v) is 3.66. The summed E-state index contributed by atoms with van der Waals surface area (Å²) in [4.78, 5) is 16.4. The number of carbonyl (C=O) groups is 1. The summed E-state index contributed by atoms with van der Waals surface area (Å²) in [5.41, 5.74) is 1.35. The van der Waals surface area contributed by atoms with Gasteiger partial charge in [-0.25, -0.2) is 4.39 Å². The maximum Gasteiger partial charge on any atom is 0.258 e. The van der Waals surface area contributed by atoms with Gasteiger partial charge in [-0.05, 0) is 40.2 Å². The number of carbonyl (C=O) groups excluding carboxylic acids is 1. The van der Waals surface area contributed by atoms with E-state index in [1.165, 1.54) is 6.07 Å². The number of hydrogen-bond acceptors (Lipinski definition) is 2. The molecule has 1 N–H and O–H groups in total. The van der Waals surface area contributed by atoms with Gasteiger partial charge < -0.3 is 5.32 Å². The first-order chi connectivity index (χ1) is 10.1. The second-order valence-corrected chi connectivity index (χ2v) is 5.33. The van der Waals surface area contributed by atoms with Gasteiger partial charge in [-0.15, -0.1) is 0 Å². The van der Waals surface area contributed by atoms with Crippen LogP contribution in [0.15, 0.2) is 59.2 Å². The summed E-state index contributed by atoms with van der Waals surface area (Å²) in [6, 6.07) is 14.0. The largest absolute Gasteiger partial charge is 0.320 e. The summed E-state index contributed by atoms with van der Waals surface area (Å²) >= 11 is 3.06. The van der Waals surface area contributed by atoms with Crippen LogP contribution in [0, 0.1) is 5.82 Å². The van der Waals surface area contributed by atoms with Crippen molar-refractivity contribution < 1.29 is 9.18 Å². The summed E-state index contributed by atoms with van der Waals surface area (Å²) in [7, 11) is 0. The van der Waals surface area contributed by atoms with Crippen molar-refractivity contribution in [2.45, 2.75) is 0 Å². The van der Waals surface area contributed by atoms with Gasteiger partial charge >= 0.3 is 0 Å². The smallest absolute Gasteiger partial charge is 0.258 e. The zero-order valence-electron chi connectivity index (χ0n) is 10.8. The summed E-state index contributed by atoms with van der Waals surface area (Å²) in [6.45, 7) is 0. The summed E-state index contributed by atoms with van der Waals surface area (Å²) < 4.78 is 14.1. The highest BCUT2D eigenvalue weighted by Gasteiger charge is 2.14. The number of benzene rings is 2. The molecule has 0 saturated heterocycles. The molecule has 0 fully saturated rings. The number of fused-ring (bicyclic) bond motifs is 1. The van der Waals surface area contributed by atoms with Gasteiger partial charge in [0, 0.05) is 5.39 Å². The lowest BCUT2D eigenvalue weighted by Crippen LogP contribution is -2.14. The Morgan fingerprint density at radius 3 is 2.81 bits per heavy atom. The molecule has 21 heavy (non-hydrogen) atoms. The fourth-order valence-corrected chi connectivity index (χ4v) is 2.38. The topological polar surface area (TPSA) is 42.0 Å². The molecule has 0 saturated carbocycles. The minimum Gasteiger partial charge on any atom is -0.320 e. The van der Waals surface area contributed by atoms with Crippen molar-refractivity contribution in [3.63, 3.8) is 0 Å². The second kappa shape index (κ2) is 5.61. The maximum absolute atomic E-state index is 13.9. The number of rotatable bonds is 2. The van der Waals surface area contributed by atoms with Crippen molar-refractivity contribution in [1.82, 2.24) is 4.98 Å². The Balaban J connectivity index is 1.91. The Bertz CT molecular complexity index is 835. The van der Waals surface area contributed by atoms with Crippen LogP contribution in [0.3, 0.4) is 0 Å². The molecule has 0 unspecified atom stereocenters. The third kappa shape index (κ3) is 2.78. The van der Waals surface area contributed by atoms with E-state index in [-0.39, 0.29) is 10.0 Å². The van der Waals surface area contributed by atoms with Gasteiger partial charge in [0.25, 0.3) is 5.91 Å². The molecule has 104 valence electrons. The molecule has 1 amide bonds. The van der Waals surface area contributed by atoms with Crippen LogP contribution < -0.4 is 5.32 Å². The molecule has 1 heterocycles. The minimum absolute atomic E-state index is 0.0162. The number of nitrogens with zero attached hydrogens (tertiary/aromatic N) is 1. The monoisotopic (exact) mass is 344 g/mol. The Hall–Kier alpha value is -2.27. The van der Waals surface area contributed by atoms with Gasteiger partial charge in [-0.3, -0.25) is 9.78 Å². The molecule has 1 aromatic heterocycles. The molecule has 0 bridgehead atoms.